The number of sulfonamides is 1. The van der Waals surface area contributed by atoms with Crippen molar-refractivity contribution in [1.29, 1.82) is 0 Å². The quantitative estimate of drug-likeness (QED) is 0.826. The Balaban J connectivity index is 3.30. The Morgan fingerprint density at radius 1 is 1.37 bits per heavy atom. The second kappa shape index (κ2) is 5.58. The van der Waals surface area contributed by atoms with E-state index in [2.05, 4.69) is 6.58 Å². The van der Waals surface area contributed by atoms with Gasteiger partial charge in [0.25, 0.3) is 0 Å². The summed E-state index contributed by atoms with van der Waals surface area (Å²) in [7, 11) is -7.84. The van der Waals surface area contributed by atoms with Gasteiger partial charge in [-0.15, -0.1) is 0 Å². The zero-order valence-electron chi connectivity index (χ0n) is 9.85. The predicted octanol–water partition coefficient (Wildman–Crippen LogP) is 1.26. The molecule has 0 aromatic heterocycles. The minimum Gasteiger partial charge on any atom is -0.224 e. The lowest BCUT2D eigenvalue weighted by Gasteiger charge is -2.08. The molecule has 5 nitrogen and oxygen atoms in total. The van der Waals surface area contributed by atoms with Crippen LogP contribution < -0.4 is 4.72 Å². The van der Waals surface area contributed by atoms with Crippen LogP contribution in [0.4, 0.5) is 4.39 Å². The zero-order chi connectivity index (χ0) is 14.8. The molecule has 0 aliphatic heterocycles. The van der Waals surface area contributed by atoms with Crippen molar-refractivity contribution in [1.82, 2.24) is 4.72 Å². The van der Waals surface area contributed by atoms with Crippen LogP contribution in [0.15, 0.2) is 39.6 Å². The number of benzene rings is 1. The van der Waals surface area contributed by atoms with Crippen molar-refractivity contribution in [3.63, 3.8) is 0 Å². The van der Waals surface area contributed by atoms with Gasteiger partial charge in [0.15, 0.2) is 9.84 Å². The third-order valence-electron chi connectivity index (χ3n) is 2.07. The maximum atomic E-state index is 13.5. The van der Waals surface area contributed by atoms with Crippen LogP contribution in [-0.4, -0.2) is 29.6 Å². The van der Waals surface area contributed by atoms with Gasteiger partial charge in [-0.2, -0.15) is 0 Å². The standard InChI is InChI=1S/C10H11ClFNO4S2/c1-7(11)6-13-19(16,17)10-5-8(18(2,14)15)3-4-9(10)12/h3-5,13H,1,6H2,2H3. The molecule has 9 heteroatoms. The fraction of sp³-hybridized carbons (Fsp3) is 0.200. The Morgan fingerprint density at radius 3 is 2.42 bits per heavy atom. The summed E-state index contributed by atoms with van der Waals surface area (Å²) < 4.78 is 61.7. The van der Waals surface area contributed by atoms with Crippen LogP contribution in [0.2, 0.25) is 0 Å². The van der Waals surface area contributed by atoms with Crippen molar-refractivity contribution < 1.29 is 21.2 Å². The minimum absolute atomic E-state index is 0.0169. The lowest BCUT2D eigenvalue weighted by molar-refractivity contribution is 0.557. The Bertz CT molecular complexity index is 713. The lowest BCUT2D eigenvalue weighted by atomic mass is 10.3. The molecule has 0 bridgehead atoms. The molecule has 19 heavy (non-hydrogen) atoms. The van der Waals surface area contributed by atoms with Gasteiger partial charge in [0.2, 0.25) is 10.0 Å². The molecule has 1 aromatic carbocycles. The number of sulfone groups is 1. The molecule has 0 atom stereocenters. The molecule has 0 unspecified atom stereocenters. The van der Waals surface area contributed by atoms with Crippen LogP contribution in [0.1, 0.15) is 0 Å². The van der Waals surface area contributed by atoms with E-state index in [1.54, 1.807) is 0 Å². The molecular formula is C10H11ClFNO4S2. The number of hydrogen-bond acceptors (Lipinski definition) is 4. The summed E-state index contributed by atoms with van der Waals surface area (Å²) in [4.78, 5) is -1.05. The Hall–Kier alpha value is -0.960. The van der Waals surface area contributed by atoms with E-state index in [1.165, 1.54) is 0 Å². The molecular weight excluding hydrogens is 317 g/mol. The van der Waals surface area contributed by atoms with Crippen LogP contribution in [0.3, 0.4) is 0 Å². The molecule has 0 amide bonds. The molecule has 0 aliphatic rings. The van der Waals surface area contributed by atoms with Gasteiger partial charge in [-0.3, -0.25) is 0 Å². The van der Waals surface area contributed by atoms with E-state index in [9.17, 15) is 21.2 Å². The van der Waals surface area contributed by atoms with Crippen molar-refractivity contribution in [2.24, 2.45) is 0 Å². The number of halogens is 2. The molecule has 1 rings (SSSR count). The summed E-state index contributed by atoms with van der Waals surface area (Å²) in [5.74, 6) is -1.06. The van der Waals surface area contributed by atoms with Crippen LogP contribution in [-0.2, 0) is 19.9 Å². The maximum Gasteiger partial charge on any atom is 0.243 e. The fourth-order valence-corrected chi connectivity index (χ4v) is 3.17. The van der Waals surface area contributed by atoms with Gasteiger partial charge < -0.3 is 0 Å². The van der Waals surface area contributed by atoms with Crippen molar-refractivity contribution in [3.8, 4) is 0 Å². The van der Waals surface area contributed by atoms with Gasteiger partial charge in [0.1, 0.15) is 10.7 Å². The predicted molar refractivity (Wildman–Crippen MR) is 69.7 cm³/mol. The monoisotopic (exact) mass is 327 g/mol. The summed E-state index contributed by atoms with van der Waals surface area (Å²) in [6.07, 6.45) is 0.894. The number of hydrogen-bond donors (Lipinski definition) is 1. The Labute approximate surface area is 116 Å². The average Bonchev–Trinajstić information content (AvgIpc) is 2.25. The molecule has 1 aromatic rings. The first kappa shape index (κ1) is 16.1. The number of rotatable bonds is 5. The molecule has 0 spiro atoms. The molecule has 0 saturated carbocycles. The highest BCUT2D eigenvalue weighted by atomic mass is 35.5. The third kappa shape index (κ3) is 4.27. The van der Waals surface area contributed by atoms with E-state index in [1.807, 2.05) is 4.72 Å². The lowest BCUT2D eigenvalue weighted by Crippen LogP contribution is -2.26. The van der Waals surface area contributed by atoms with Gasteiger partial charge >= 0.3 is 0 Å². The smallest absolute Gasteiger partial charge is 0.224 e. The minimum atomic E-state index is -4.20. The van der Waals surface area contributed by atoms with Gasteiger partial charge in [-0.1, -0.05) is 18.2 Å². The maximum absolute atomic E-state index is 13.5. The molecule has 0 saturated heterocycles. The summed E-state index contributed by atoms with van der Waals surface area (Å²) >= 11 is 5.40. The SMILES string of the molecule is C=C(Cl)CNS(=O)(=O)c1cc(S(C)(=O)=O)ccc1F. The summed E-state index contributed by atoms with van der Waals surface area (Å²) in [5.41, 5.74) is 0. The molecule has 0 aliphatic carbocycles. The zero-order valence-corrected chi connectivity index (χ0v) is 12.2. The summed E-state index contributed by atoms with van der Waals surface area (Å²) in [6, 6.07) is 2.52. The van der Waals surface area contributed by atoms with Gasteiger partial charge in [-0.25, -0.2) is 25.9 Å². The van der Waals surface area contributed by atoms with E-state index >= 15 is 0 Å². The second-order valence-corrected chi connectivity index (χ2v) is 7.99. The Morgan fingerprint density at radius 2 is 1.95 bits per heavy atom. The second-order valence-electron chi connectivity index (χ2n) is 3.71. The van der Waals surface area contributed by atoms with E-state index in [0.29, 0.717) is 0 Å². The largest absolute Gasteiger partial charge is 0.243 e. The van der Waals surface area contributed by atoms with Crippen molar-refractivity contribution in [3.05, 3.63) is 35.6 Å². The third-order valence-corrected chi connectivity index (χ3v) is 4.73. The number of nitrogens with one attached hydrogen (secondary N) is 1. The first-order chi connectivity index (χ1) is 8.54. The fourth-order valence-electron chi connectivity index (χ4n) is 1.17. The highest BCUT2D eigenvalue weighted by Gasteiger charge is 2.21. The van der Waals surface area contributed by atoms with Gasteiger partial charge in [-0.05, 0) is 18.2 Å². The highest BCUT2D eigenvalue weighted by Crippen LogP contribution is 2.19. The van der Waals surface area contributed by atoms with Crippen molar-refractivity contribution in [2.45, 2.75) is 9.79 Å². The van der Waals surface area contributed by atoms with Crippen LogP contribution in [0, 0.1) is 5.82 Å². The summed E-state index contributed by atoms with van der Waals surface area (Å²) in [5, 5.41) is 0.0169. The van der Waals surface area contributed by atoms with Crippen LogP contribution in [0.5, 0.6) is 0 Å². The molecule has 106 valence electrons. The van der Waals surface area contributed by atoms with E-state index in [0.717, 1.165) is 24.5 Å². The summed E-state index contributed by atoms with van der Waals surface area (Å²) in [6.45, 7) is 2.99. The molecule has 1 N–H and O–H groups in total. The first-order valence-corrected chi connectivity index (χ1v) is 8.62. The van der Waals surface area contributed by atoms with E-state index in [4.69, 9.17) is 11.6 Å². The van der Waals surface area contributed by atoms with E-state index < -0.39 is 30.6 Å². The van der Waals surface area contributed by atoms with E-state index in [-0.39, 0.29) is 16.5 Å². The van der Waals surface area contributed by atoms with Gasteiger partial charge in [0.05, 0.1) is 4.90 Å². The van der Waals surface area contributed by atoms with Crippen LogP contribution in [0.25, 0.3) is 0 Å². The topological polar surface area (TPSA) is 80.3 Å². The Kier molecular flexibility index (Phi) is 4.72. The van der Waals surface area contributed by atoms with Crippen LogP contribution >= 0.6 is 11.6 Å². The van der Waals surface area contributed by atoms with Gasteiger partial charge in [0, 0.05) is 17.8 Å². The molecule has 0 heterocycles. The normalized spacial score (nSPS) is 12.4. The average molecular weight is 328 g/mol. The molecule has 0 radical (unpaired) electrons. The first-order valence-electron chi connectivity index (χ1n) is 4.86. The molecule has 0 fully saturated rings. The van der Waals surface area contributed by atoms with Crippen molar-refractivity contribution >= 4 is 31.5 Å². The highest BCUT2D eigenvalue weighted by molar-refractivity contribution is 7.91. The van der Waals surface area contributed by atoms with Crippen molar-refractivity contribution in [2.75, 3.05) is 12.8 Å².